The Balaban J connectivity index is 1.72. The molecule has 1 aromatic rings. The van der Waals surface area contributed by atoms with Crippen LogP contribution in [0.4, 0.5) is 5.69 Å². The van der Waals surface area contributed by atoms with Gasteiger partial charge in [0.05, 0.1) is 12.6 Å². The zero-order valence-electron chi connectivity index (χ0n) is 11.6. The molecule has 1 aliphatic rings. The predicted molar refractivity (Wildman–Crippen MR) is 76.0 cm³/mol. The number of benzene rings is 1. The SMILES string of the molecule is Cc1ccc(NC(=O)CN(C)CC2CC(O)C2)cc1. The zero-order valence-corrected chi connectivity index (χ0v) is 11.6. The number of hydrogen-bond acceptors (Lipinski definition) is 3. The van der Waals surface area contributed by atoms with Crippen LogP contribution < -0.4 is 5.32 Å². The summed E-state index contributed by atoms with van der Waals surface area (Å²) in [4.78, 5) is 13.9. The molecule has 19 heavy (non-hydrogen) atoms. The number of nitrogens with one attached hydrogen (secondary N) is 1. The molecule has 0 spiro atoms. The van der Waals surface area contributed by atoms with E-state index >= 15 is 0 Å². The van der Waals surface area contributed by atoms with Crippen molar-refractivity contribution in [2.75, 3.05) is 25.5 Å². The molecule has 0 saturated heterocycles. The van der Waals surface area contributed by atoms with Crippen LogP contribution in [0.1, 0.15) is 18.4 Å². The highest BCUT2D eigenvalue weighted by Crippen LogP contribution is 2.27. The smallest absolute Gasteiger partial charge is 0.238 e. The van der Waals surface area contributed by atoms with Crippen molar-refractivity contribution in [3.8, 4) is 0 Å². The van der Waals surface area contributed by atoms with Crippen molar-refractivity contribution < 1.29 is 9.90 Å². The molecule has 0 heterocycles. The third kappa shape index (κ3) is 4.33. The second-order valence-corrected chi connectivity index (χ2v) is 5.60. The molecule has 4 heteroatoms. The van der Waals surface area contributed by atoms with Crippen LogP contribution in [0.5, 0.6) is 0 Å². The number of aliphatic hydroxyl groups excluding tert-OH is 1. The summed E-state index contributed by atoms with van der Waals surface area (Å²) in [5, 5.41) is 12.1. The van der Waals surface area contributed by atoms with Crippen LogP contribution in [0.25, 0.3) is 0 Å². The van der Waals surface area contributed by atoms with Crippen LogP contribution in [0.2, 0.25) is 0 Å². The number of carbonyl (C=O) groups excluding carboxylic acids is 1. The summed E-state index contributed by atoms with van der Waals surface area (Å²) in [6.45, 7) is 3.28. The highest BCUT2D eigenvalue weighted by molar-refractivity contribution is 5.92. The van der Waals surface area contributed by atoms with E-state index in [1.165, 1.54) is 5.56 Å². The number of anilines is 1. The summed E-state index contributed by atoms with van der Waals surface area (Å²) in [5.41, 5.74) is 2.02. The van der Waals surface area contributed by atoms with Crippen molar-refractivity contribution in [2.24, 2.45) is 5.92 Å². The number of hydrogen-bond donors (Lipinski definition) is 2. The fraction of sp³-hybridized carbons (Fsp3) is 0.533. The van der Waals surface area contributed by atoms with Gasteiger partial charge in [-0.05, 0) is 44.9 Å². The molecular weight excluding hydrogens is 240 g/mol. The quantitative estimate of drug-likeness (QED) is 0.848. The van der Waals surface area contributed by atoms with Crippen molar-refractivity contribution >= 4 is 11.6 Å². The lowest BCUT2D eigenvalue weighted by Crippen LogP contribution is -2.39. The van der Waals surface area contributed by atoms with Crippen LogP contribution in [0, 0.1) is 12.8 Å². The Kier molecular flexibility index (Phi) is 4.56. The first-order chi connectivity index (χ1) is 9.02. The Morgan fingerprint density at radius 2 is 2.00 bits per heavy atom. The number of carbonyl (C=O) groups is 1. The number of aryl methyl sites for hydroxylation is 1. The average molecular weight is 262 g/mol. The fourth-order valence-corrected chi connectivity index (χ4v) is 2.44. The molecule has 1 aromatic carbocycles. The van der Waals surface area contributed by atoms with Crippen molar-refractivity contribution in [1.82, 2.24) is 4.90 Å². The maximum Gasteiger partial charge on any atom is 0.238 e. The molecular formula is C15H22N2O2. The van der Waals surface area contributed by atoms with Gasteiger partial charge in [-0.3, -0.25) is 9.69 Å². The Hall–Kier alpha value is -1.39. The minimum atomic E-state index is -0.125. The van der Waals surface area contributed by atoms with E-state index in [-0.39, 0.29) is 12.0 Å². The van der Waals surface area contributed by atoms with Crippen molar-refractivity contribution in [1.29, 1.82) is 0 Å². The molecule has 0 atom stereocenters. The van der Waals surface area contributed by atoms with Gasteiger partial charge in [-0.2, -0.15) is 0 Å². The van der Waals surface area contributed by atoms with E-state index in [1.807, 2.05) is 43.1 Å². The van der Waals surface area contributed by atoms with Gasteiger partial charge in [0.15, 0.2) is 0 Å². The molecule has 2 rings (SSSR count). The number of amides is 1. The molecule has 0 aliphatic heterocycles. The van der Waals surface area contributed by atoms with Crippen molar-refractivity contribution in [2.45, 2.75) is 25.9 Å². The molecule has 1 aliphatic carbocycles. The van der Waals surface area contributed by atoms with E-state index in [0.29, 0.717) is 12.5 Å². The third-order valence-electron chi connectivity index (χ3n) is 3.53. The van der Waals surface area contributed by atoms with E-state index in [9.17, 15) is 9.90 Å². The minimum Gasteiger partial charge on any atom is -0.393 e. The van der Waals surface area contributed by atoms with E-state index < -0.39 is 0 Å². The number of nitrogens with zero attached hydrogens (tertiary/aromatic N) is 1. The lowest BCUT2D eigenvalue weighted by molar-refractivity contribution is -0.117. The third-order valence-corrected chi connectivity index (χ3v) is 3.53. The summed E-state index contributed by atoms with van der Waals surface area (Å²) in [5.74, 6) is 0.540. The summed E-state index contributed by atoms with van der Waals surface area (Å²) in [7, 11) is 1.94. The molecule has 4 nitrogen and oxygen atoms in total. The lowest BCUT2D eigenvalue weighted by atomic mass is 9.82. The molecule has 1 amide bonds. The Morgan fingerprint density at radius 3 is 2.58 bits per heavy atom. The van der Waals surface area contributed by atoms with Gasteiger partial charge in [0.25, 0.3) is 0 Å². The topological polar surface area (TPSA) is 52.6 Å². The fourth-order valence-electron chi connectivity index (χ4n) is 2.44. The van der Waals surface area contributed by atoms with Gasteiger partial charge in [0.2, 0.25) is 5.91 Å². The van der Waals surface area contributed by atoms with Gasteiger partial charge in [0, 0.05) is 12.2 Å². The first-order valence-corrected chi connectivity index (χ1v) is 6.76. The van der Waals surface area contributed by atoms with Crippen LogP contribution in [0.15, 0.2) is 24.3 Å². The van der Waals surface area contributed by atoms with Crippen LogP contribution in [0.3, 0.4) is 0 Å². The first kappa shape index (κ1) is 14.0. The number of rotatable bonds is 5. The molecule has 1 saturated carbocycles. The second kappa shape index (κ2) is 6.17. The molecule has 104 valence electrons. The van der Waals surface area contributed by atoms with E-state index in [0.717, 1.165) is 25.1 Å². The second-order valence-electron chi connectivity index (χ2n) is 5.60. The van der Waals surface area contributed by atoms with Crippen molar-refractivity contribution in [3.63, 3.8) is 0 Å². The highest BCUT2D eigenvalue weighted by Gasteiger charge is 2.28. The van der Waals surface area contributed by atoms with Gasteiger partial charge >= 0.3 is 0 Å². The van der Waals surface area contributed by atoms with Gasteiger partial charge in [-0.1, -0.05) is 17.7 Å². The van der Waals surface area contributed by atoms with Gasteiger partial charge in [-0.15, -0.1) is 0 Å². The Morgan fingerprint density at radius 1 is 1.37 bits per heavy atom. The molecule has 0 bridgehead atoms. The van der Waals surface area contributed by atoms with E-state index in [2.05, 4.69) is 5.32 Å². The monoisotopic (exact) mass is 262 g/mol. The standard InChI is InChI=1S/C15H22N2O2/c1-11-3-5-13(6-4-11)16-15(19)10-17(2)9-12-7-14(18)8-12/h3-6,12,14,18H,7-10H2,1-2H3,(H,16,19). The minimum absolute atomic E-state index is 0.00576. The van der Waals surface area contributed by atoms with E-state index in [1.54, 1.807) is 0 Å². The maximum absolute atomic E-state index is 11.9. The van der Waals surface area contributed by atoms with Crippen LogP contribution in [-0.4, -0.2) is 42.2 Å². The Labute approximate surface area is 114 Å². The summed E-state index contributed by atoms with van der Waals surface area (Å²) >= 11 is 0. The maximum atomic E-state index is 11.9. The summed E-state index contributed by atoms with van der Waals surface area (Å²) < 4.78 is 0. The Bertz CT molecular complexity index is 424. The van der Waals surface area contributed by atoms with E-state index in [4.69, 9.17) is 0 Å². The largest absolute Gasteiger partial charge is 0.393 e. The molecule has 1 fully saturated rings. The van der Waals surface area contributed by atoms with Gasteiger partial charge in [0.1, 0.15) is 0 Å². The summed E-state index contributed by atoms with van der Waals surface area (Å²) in [6.07, 6.45) is 1.60. The number of aliphatic hydroxyl groups is 1. The highest BCUT2D eigenvalue weighted by atomic mass is 16.3. The molecule has 0 radical (unpaired) electrons. The number of likely N-dealkylation sites (N-methyl/N-ethyl adjacent to an activating group) is 1. The lowest BCUT2D eigenvalue weighted by Gasteiger charge is -2.34. The van der Waals surface area contributed by atoms with Crippen molar-refractivity contribution in [3.05, 3.63) is 29.8 Å². The molecule has 2 N–H and O–H groups in total. The van der Waals surface area contributed by atoms with Gasteiger partial charge in [-0.25, -0.2) is 0 Å². The average Bonchev–Trinajstić information content (AvgIpc) is 2.30. The zero-order chi connectivity index (χ0) is 13.8. The van der Waals surface area contributed by atoms with Crippen LogP contribution in [-0.2, 0) is 4.79 Å². The predicted octanol–water partition coefficient (Wildman–Crippen LogP) is 1.64. The van der Waals surface area contributed by atoms with Gasteiger partial charge < -0.3 is 10.4 Å². The summed E-state index contributed by atoms with van der Waals surface area (Å²) in [6, 6.07) is 7.79. The first-order valence-electron chi connectivity index (χ1n) is 6.76. The normalized spacial score (nSPS) is 22.1. The molecule has 0 unspecified atom stereocenters. The van der Waals surface area contributed by atoms with Crippen LogP contribution >= 0.6 is 0 Å². The molecule has 0 aromatic heterocycles.